The molecule has 0 radical (unpaired) electrons. The first-order valence-corrected chi connectivity index (χ1v) is 3.02. The van der Waals surface area contributed by atoms with Gasteiger partial charge in [-0.2, -0.15) is 8.42 Å². The Morgan fingerprint density at radius 1 is 1.18 bits per heavy atom. The molecule has 0 amide bonds. The van der Waals surface area contributed by atoms with Gasteiger partial charge in [0.2, 0.25) is 0 Å². The van der Waals surface area contributed by atoms with Gasteiger partial charge in [-0.1, -0.05) is 0 Å². The first kappa shape index (κ1) is 22.7. The van der Waals surface area contributed by atoms with Gasteiger partial charge in [-0.3, -0.25) is 13.9 Å². The average molecular weight is 341 g/mol. The van der Waals surface area contributed by atoms with Gasteiger partial charge in [-0.25, -0.2) is 0 Å². The predicted molar refractivity (Wildman–Crippen MR) is 27.5 cm³/mol. The molecule has 0 aromatic heterocycles. The van der Waals surface area contributed by atoms with Crippen LogP contribution in [0.3, 0.4) is 0 Å². The normalized spacial score (nSPS) is 7.55. The minimum Gasteiger partial charge on any atom is -0.481 e. The van der Waals surface area contributed by atoms with E-state index in [0.29, 0.717) is 0 Å². The van der Waals surface area contributed by atoms with Crippen LogP contribution in [0.5, 0.6) is 0 Å². The molecule has 0 aromatic carbocycles. The molecule has 0 unspecified atom stereocenters. The summed E-state index contributed by atoms with van der Waals surface area (Å²) in [6.07, 6.45) is 0. The molecule has 0 rings (SSSR count). The number of rotatable bonds is 0. The Hall–Kier alpha value is 1.11. The molecule has 0 saturated heterocycles. The van der Waals surface area contributed by atoms with Gasteiger partial charge in [-0.15, -0.1) is 0 Å². The van der Waals surface area contributed by atoms with Crippen LogP contribution < -0.4 is 0 Å². The van der Waals surface area contributed by atoms with Crippen molar-refractivity contribution in [2.75, 3.05) is 0 Å². The maximum Gasteiger partial charge on any atom is 0.394 e. The fourth-order valence-corrected chi connectivity index (χ4v) is 0. The van der Waals surface area contributed by atoms with E-state index >= 15 is 0 Å². The Labute approximate surface area is 102 Å². The van der Waals surface area contributed by atoms with Crippen molar-refractivity contribution in [3.63, 3.8) is 0 Å². The van der Waals surface area contributed by atoms with Crippen molar-refractivity contribution in [2.24, 2.45) is 0 Å². The second kappa shape index (κ2) is 11.1. The Morgan fingerprint density at radius 2 is 1.18 bits per heavy atom. The molecular formula is C2H6O6SZr2. The third-order valence-corrected chi connectivity index (χ3v) is 0. The molecule has 9 heteroatoms. The van der Waals surface area contributed by atoms with Crippen LogP contribution in [0, 0.1) is 0 Å². The van der Waals surface area contributed by atoms with Crippen molar-refractivity contribution in [1.82, 2.24) is 0 Å². The maximum absolute atomic E-state index is 9.00. The van der Waals surface area contributed by atoms with E-state index < -0.39 is 16.4 Å². The van der Waals surface area contributed by atoms with E-state index in [1.165, 1.54) is 0 Å². The number of hydrogen-bond acceptors (Lipinski definition) is 3. The van der Waals surface area contributed by atoms with Crippen LogP contribution in [-0.2, 0) is 67.6 Å². The van der Waals surface area contributed by atoms with Crippen LogP contribution in [0.15, 0.2) is 0 Å². The number of carbonyl (C=O) groups is 1. The smallest absolute Gasteiger partial charge is 0.394 e. The standard InChI is InChI=1S/C2H4O2.H2O4S.2Zr/c1-2(3)4;1-5(2,3)4;;/h1H3,(H,3,4);(H2,1,2,3,4);;. The molecule has 64 valence electrons. The van der Waals surface area contributed by atoms with Gasteiger partial charge >= 0.3 is 10.4 Å². The van der Waals surface area contributed by atoms with E-state index in [1.807, 2.05) is 0 Å². The van der Waals surface area contributed by atoms with Gasteiger partial charge in [0.25, 0.3) is 5.97 Å². The van der Waals surface area contributed by atoms with Crippen LogP contribution >= 0.6 is 0 Å². The van der Waals surface area contributed by atoms with Crippen molar-refractivity contribution in [1.29, 1.82) is 0 Å². The molecule has 3 N–H and O–H groups in total. The summed E-state index contributed by atoms with van der Waals surface area (Å²) in [7, 11) is -4.67. The molecule has 0 atom stereocenters. The largest absolute Gasteiger partial charge is 0.481 e. The topological polar surface area (TPSA) is 112 Å². The van der Waals surface area contributed by atoms with Gasteiger partial charge in [0.15, 0.2) is 0 Å². The molecule has 11 heavy (non-hydrogen) atoms. The quantitative estimate of drug-likeness (QED) is 0.509. The summed E-state index contributed by atoms with van der Waals surface area (Å²) in [5.74, 6) is -0.833. The summed E-state index contributed by atoms with van der Waals surface area (Å²) in [5, 5.41) is 7.42. The third kappa shape index (κ3) is 753. The van der Waals surface area contributed by atoms with Crippen LogP contribution in [0.4, 0.5) is 0 Å². The monoisotopic (exact) mass is 338 g/mol. The Bertz CT molecular complexity index is 161. The number of hydrogen-bond donors (Lipinski definition) is 3. The van der Waals surface area contributed by atoms with Gasteiger partial charge < -0.3 is 5.11 Å². The summed E-state index contributed by atoms with van der Waals surface area (Å²) >= 11 is 0. The van der Waals surface area contributed by atoms with Crippen molar-refractivity contribution in [2.45, 2.75) is 6.92 Å². The zero-order valence-corrected chi connectivity index (χ0v) is 11.2. The second-order valence-corrected chi connectivity index (χ2v) is 1.86. The van der Waals surface area contributed by atoms with Crippen molar-refractivity contribution < 1.29 is 79.8 Å². The van der Waals surface area contributed by atoms with Crippen molar-refractivity contribution >= 4 is 16.4 Å². The predicted octanol–water partition coefficient (Wildman–Crippen LogP) is -0.567. The molecule has 0 bridgehead atoms. The van der Waals surface area contributed by atoms with E-state index in [0.717, 1.165) is 6.92 Å². The molecule has 0 heterocycles. The van der Waals surface area contributed by atoms with Crippen molar-refractivity contribution in [3.8, 4) is 0 Å². The van der Waals surface area contributed by atoms with Gasteiger partial charge in [0, 0.05) is 59.3 Å². The minimum absolute atomic E-state index is 0. The summed E-state index contributed by atoms with van der Waals surface area (Å²) in [6.45, 7) is 1.08. The zero-order valence-electron chi connectivity index (χ0n) is 5.47. The van der Waals surface area contributed by atoms with E-state index in [-0.39, 0.29) is 52.4 Å². The molecule has 0 spiro atoms. The zero-order chi connectivity index (χ0) is 8.08. The van der Waals surface area contributed by atoms with Crippen LogP contribution in [0.2, 0.25) is 0 Å². The Morgan fingerprint density at radius 3 is 1.18 bits per heavy atom. The van der Waals surface area contributed by atoms with E-state index in [2.05, 4.69) is 0 Å². The number of aliphatic carboxylic acids is 1. The first-order valence-electron chi connectivity index (χ1n) is 1.63. The molecule has 0 aromatic rings. The van der Waals surface area contributed by atoms with E-state index in [9.17, 15) is 0 Å². The number of carboxylic acids is 1. The molecule has 0 aliphatic heterocycles. The maximum atomic E-state index is 9.00. The molecule has 0 aliphatic carbocycles. The van der Waals surface area contributed by atoms with E-state index in [4.69, 9.17) is 27.4 Å². The first-order chi connectivity index (χ1) is 3.73. The molecule has 0 fully saturated rings. The SMILES string of the molecule is CC(=O)O.O=S(=O)(O)O.[Zr].[Zr]. The van der Waals surface area contributed by atoms with Crippen LogP contribution in [0.1, 0.15) is 6.92 Å². The van der Waals surface area contributed by atoms with Crippen LogP contribution in [-0.4, -0.2) is 28.6 Å². The summed E-state index contributed by atoms with van der Waals surface area (Å²) in [4.78, 5) is 9.00. The average Bonchev–Trinajstić information content (AvgIpc) is 1.19. The van der Waals surface area contributed by atoms with E-state index in [1.54, 1.807) is 0 Å². The van der Waals surface area contributed by atoms with Crippen LogP contribution in [0.25, 0.3) is 0 Å². The molecule has 0 saturated carbocycles. The third-order valence-electron chi connectivity index (χ3n) is 0. The molecule has 0 aliphatic rings. The molecular weight excluding hydrogens is 335 g/mol. The Kier molecular flexibility index (Phi) is 22.9. The Balaban J connectivity index is -0.0000000383. The van der Waals surface area contributed by atoms with Gasteiger partial charge in [-0.05, 0) is 0 Å². The molecule has 6 nitrogen and oxygen atoms in total. The van der Waals surface area contributed by atoms with Gasteiger partial charge in [0.05, 0.1) is 0 Å². The second-order valence-electron chi connectivity index (χ2n) is 0.967. The fraction of sp³-hybridized carbons (Fsp3) is 0.500. The number of carboxylic acid groups (broad SMARTS) is 1. The fourth-order valence-electron chi connectivity index (χ4n) is 0. The minimum atomic E-state index is -4.67. The summed E-state index contributed by atoms with van der Waals surface area (Å²) in [6, 6.07) is 0. The van der Waals surface area contributed by atoms with Gasteiger partial charge in [0.1, 0.15) is 0 Å². The van der Waals surface area contributed by atoms with Crippen molar-refractivity contribution in [3.05, 3.63) is 0 Å². The summed E-state index contributed by atoms with van der Waals surface area (Å²) < 4.78 is 31.6. The summed E-state index contributed by atoms with van der Waals surface area (Å²) in [5.41, 5.74) is 0.